The predicted molar refractivity (Wildman–Crippen MR) is 139 cm³/mol. The van der Waals surface area contributed by atoms with Gasteiger partial charge in [0.15, 0.2) is 5.65 Å². The number of imidazole rings is 1. The Balaban J connectivity index is 0.00000200. The Morgan fingerprint density at radius 3 is 2.29 bits per heavy atom. The van der Waals surface area contributed by atoms with Crippen LogP contribution in [0.1, 0.15) is 24.9 Å². The van der Waals surface area contributed by atoms with Gasteiger partial charge in [0.2, 0.25) is 5.88 Å². The van der Waals surface area contributed by atoms with E-state index >= 15 is 0 Å². The lowest BCUT2D eigenvalue weighted by atomic mass is 10.2. The van der Waals surface area contributed by atoms with Gasteiger partial charge in [-0.1, -0.05) is 6.92 Å². The molecule has 4 heterocycles. The van der Waals surface area contributed by atoms with Crippen LogP contribution in [0.2, 0.25) is 0 Å². The fraction of sp³-hybridized carbons (Fsp3) is 0.444. The zero-order valence-electron chi connectivity index (χ0n) is 22.4. The van der Waals surface area contributed by atoms with Crippen LogP contribution in [-0.4, -0.2) is 65.9 Å². The number of aromatic nitrogens is 4. The van der Waals surface area contributed by atoms with E-state index in [1.165, 1.54) is 10.6 Å². The molecular weight excluding hydrogens is 527 g/mol. The van der Waals surface area contributed by atoms with Crippen LogP contribution in [0.3, 0.4) is 0 Å². The van der Waals surface area contributed by atoms with Gasteiger partial charge in [-0.3, -0.25) is 14.1 Å². The van der Waals surface area contributed by atoms with Crippen molar-refractivity contribution in [1.82, 2.24) is 18.9 Å². The van der Waals surface area contributed by atoms with Crippen molar-refractivity contribution in [2.24, 2.45) is 0 Å². The van der Waals surface area contributed by atoms with Crippen LogP contribution in [0.25, 0.3) is 16.7 Å². The number of ether oxygens (including phenoxy) is 2. The van der Waals surface area contributed by atoms with Gasteiger partial charge in [-0.05, 0) is 25.1 Å². The van der Waals surface area contributed by atoms with Crippen molar-refractivity contribution in [2.75, 3.05) is 46.9 Å². The molecule has 1 fully saturated rings. The predicted octanol–water partition coefficient (Wildman–Crippen LogP) is -5.55. The first-order valence-corrected chi connectivity index (χ1v) is 12.8. The van der Waals surface area contributed by atoms with Crippen LogP contribution in [0.5, 0.6) is 11.6 Å². The average molecular weight is 564 g/mol. The molecule has 38 heavy (non-hydrogen) atoms. The first-order chi connectivity index (χ1) is 17.5. The Labute approximate surface area is 235 Å². The normalized spacial score (nSPS) is 17.2. The summed E-state index contributed by atoms with van der Waals surface area (Å²) in [5.41, 5.74) is 4.24. The van der Waals surface area contributed by atoms with Crippen molar-refractivity contribution in [3.63, 3.8) is 0 Å². The van der Waals surface area contributed by atoms with E-state index in [1.807, 2.05) is 47.1 Å². The standard InChI is InChI=1S/C27H34N6O3.2ClH/c1-5-23-28-19(2)25-27(34)32(22-11-12-24(36-4)29-26(22)33(23)25)14-6-13-30-15-17-31(18-16-30)20-7-9-21(35-3)10-8-20;;/h7-12H,5-6,13-18H2,1-4H3;2*1H. The number of piperazine rings is 1. The molecular formula is C27H36Cl2N6O3. The minimum atomic E-state index is 0. The Morgan fingerprint density at radius 1 is 0.947 bits per heavy atom. The van der Waals surface area contributed by atoms with Crippen LogP contribution in [0.4, 0.5) is 5.69 Å². The largest absolute Gasteiger partial charge is 1.00 e. The summed E-state index contributed by atoms with van der Waals surface area (Å²) in [5.74, 6) is 2.28. The molecule has 0 atom stereocenters. The second-order valence-corrected chi connectivity index (χ2v) is 9.49. The summed E-state index contributed by atoms with van der Waals surface area (Å²) in [6.45, 7) is 10.1. The van der Waals surface area contributed by atoms with Gasteiger partial charge in [0.1, 0.15) is 49.0 Å². The highest BCUT2D eigenvalue weighted by atomic mass is 35.5. The van der Waals surface area contributed by atoms with E-state index in [4.69, 9.17) is 14.5 Å². The van der Waals surface area contributed by atoms with Gasteiger partial charge >= 0.3 is 0 Å². The summed E-state index contributed by atoms with van der Waals surface area (Å²) >= 11 is 0. The number of quaternary nitrogens is 2. The maximum atomic E-state index is 13.6. The summed E-state index contributed by atoms with van der Waals surface area (Å²) in [6, 6.07) is 12.2. The molecule has 9 nitrogen and oxygen atoms in total. The summed E-state index contributed by atoms with van der Waals surface area (Å²) < 4.78 is 14.5. The molecule has 3 aromatic heterocycles. The first-order valence-electron chi connectivity index (χ1n) is 12.8. The second kappa shape index (κ2) is 12.8. The lowest BCUT2D eigenvalue weighted by molar-refractivity contribution is -0.986. The lowest BCUT2D eigenvalue weighted by Crippen LogP contribution is -3.26. The molecule has 11 heteroatoms. The molecule has 5 rings (SSSR count). The van der Waals surface area contributed by atoms with Gasteiger partial charge in [0.05, 0.1) is 32.0 Å². The van der Waals surface area contributed by atoms with E-state index in [2.05, 4.69) is 17.1 Å². The molecule has 1 saturated heterocycles. The first kappa shape index (κ1) is 29.7. The number of nitrogens with one attached hydrogen (secondary N) is 2. The molecule has 1 aliphatic rings. The number of hydrogen-bond donors (Lipinski definition) is 2. The maximum absolute atomic E-state index is 13.6. The van der Waals surface area contributed by atoms with Crippen molar-refractivity contribution in [3.05, 3.63) is 58.3 Å². The van der Waals surface area contributed by atoms with Crippen molar-refractivity contribution < 1.29 is 44.1 Å². The molecule has 0 bridgehead atoms. The molecule has 0 unspecified atom stereocenters. The topological polar surface area (TPSA) is 79.5 Å². The van der Waals surface area contributed by atoms with Crippen molar-refractivity contribution in [1.29, 1.82) is 0 Å². The number of halogens is 2. The summed E-state index contributed by atoms with van der Waals surface area (Å²) in [7, 11) is 3.31. The van der Waals surface area contributed by atoms with Crippen molar-refractivity contribution in [3.8, 4) is 11.6 Å². The van der Waals surface area contributed by atoms with Gasteiger partial charge < -0.3 is 43.8 Å². The Hall–Kier alpha value is -2.85. The molecule has 2 N–H and O–H groups in total. The van der Waals surface area contributed by atoms with Crippen LogP contribution in [-0.2, 0) is 13.0 Å². The fourth-order valence-corrected chi connectivity index (χ4v) is 5.43. The van der Waals surface area contributed by atoms with E-state index in [0.29, 0.717) is 17.9 Å². The highest BCUT2D eigenvalue weighted by Gasteiger charge is 2.25. The third kappa shape index (κ3) is 5.61. The monoisotopic (exact) mass is 562 g/mol. The average Bonchev–Trinajstić information content (AvgIpc) is 3.27. The minimum absolute atomic E-state index is 0. The number of hydrogen-bond acceptors (Lipinski definition) is 5. The van der Waals surface area contributed by atoms with Crippen LogP contribution < -0.4 is 49.6 Å². The molecule has 0 amide bonds. The number of pyridine rings is 1. The third-order valence-electron chi connectivity index (χ3n) is 7.40. The van der Waals surface area contributed by atoms with Gasteiger partial charge in [-0.15, -0.1) is 0 Å². The van der Waals surface area contributed by atoms with Crippen LogP contribution in [0, 0.1) is 6.92 Å². The molecule has 0 aliphatic carbocycles. The quantitative estimate of drug-likeness (QED) is 0.224. The number of benzene rings is 1. The Morgan fingerprint density at radius 2 is 1.66 bits per heavy atom. The molecule has 206 valence electrons. The number of aryl methyl sites for hydroxylation is 3. The van der Waals surface area contributed by atoms with Crippen LogP contribution >= 0.6 is 0 Å². The van der Waals surface area contributed by atoms with E-state index in [-0.39, 0.29) is 30.4 Å². The van der Waals surface area contributed by atoms with Crippen molar-refractivity contribution >= 4 is 22.4 Å². The van der Waals surface area contributed by atoms with Gasteiger partial charge in [0, 0.05) is 37.6 Å². The van der Waals surface area contributed by atoms with Gasteiger partial charge in [-0.25, -0.2) is 4.98 Å². The Kier molecular flexibility index (Phi) is 10.0. The lowest BCUT2D eigenvalue weighted by Gasteiger charge is -2.29. The summed E-state index contributed by atoms with van der Waals surface area (Å²) in [6.07, 6.45) is 1.65. The summed E-state index contributed by atoms with van der Waals surface area (Å²) in [5, 5.41) is 0. The van der Waals surface area contributed by atoms with Gasteiger partial charge in [0.25, 0.3) is 5.56 Å². The van der Waals surface area contributed by atoms with E-state index in [1.54, 1.807) is 19.1 Å². The molecule has 0 saturated carbocycles. The minimum Gasteiger partial charge on any atom is -1.00 e. The Bertz CT molecular complexity index is 1430. The number of rotatable bonds is 8. The number of methoxy groups -OCH3 is 2. The molecule has 0 spiro atoms. The van der Waals surface area contributed by atoms with Crippen molar-refractivity contribution in [2.45, 2.75) is 33.2 Å². The fourth-order valence-electron chi connectivity index (χ4n) is 5.43. The highest BCUT2D eigenvalue weighted by molar-refractivity contribution is 5.77. The second-order valence-electron chi connectivity index (χ2n) is 9.49. The zero-order valence-corrected chi connectivity index (χ0v) is 23.9. The zero-order chi connectivity index (χ0) is 25.2. The van der Waals surface area contributed by atoms with E-state index < -0.39 is 0 Å². The highest BCUT2D eigenvalue weighted by Crippen LogP contribution is 2.21. The van der Waals surface area contributed by atoms with Gasteiger partial charge in [-0.2, -0.15) is 4.98 Å². The molecule has 0 radical (unpaired) electrons. The molecule has 1 aliphatic heterocycles. The van der Waals surface area contributed by atoms with E-state index in [0.717, 1.165) is 74.0 Å². The smallest absolute Gasteiger partial charge is 0.277 e. The number of nitrogens with zero attached hydrogens (tertiary/aromatic N) is 4. The van der Waals surface area contributed by atoms with E-state index in [9.17, 15) is 4.79 Å². The summed E-state index contributed by atoms with van der Waals surface area (Å²) in [4.78, 5) is 26.1. The molecule has 1 aromatic carbocycles. The van der Waals surface area contributed by atoms with Crippen LogP contribution in [0.15, 0.2) is 41.2 Å². The SMILES string of the molecule is CCc1nc(C)c2c(=O)n(CCC[NH+]3CC[NH+](c4ccc(OC)cc4)CC3)c3ccc(OC)nc3n12.[Cl-].[Cl-]. The maximum Gasteiger partial charge on any atom is 0.277 e. The molecule has 4 aromatic rings. The number of fused-ring (bicyclic) bond motifs is 3. The third-order valence-corrected chi connectivity index (χ3v) is 7.40.